The van der Waals surface area contributed by atoms with Crippen molar-refractivity contribution in [1.82, 2.24) is 19.9 Å². The van der Waals surface area contributed by atoms with Crippen molar-refractivity contribution in [2.24, 2.45) is 0 Å². The highest BCUT2D eigenvalue weighted by atomic mass is 79.9. The third kappa shape index (κ3) is 2.05. The molecule has 21 heavy (non-hydrogen) atoms. The van der Waals surface area contributed by atoms with Crippen molar-refractivity contribution < 1.29 is 4.79 Å². The standard InChI is InChI=1S/C15H13BrN4O/c16-10-3-9(5-17-6-10)15(21)20-11-1-2-14(20)12-7-18-8-19-13(12)4-11/h3,5-8,11,14H,1-2,4H2. The van der Waals surface area contributed by atoms with Crippen LogP contribution in [0.3, 0.4) is 0 Å². The normalized spacial score (nSPS) is 23.0. The van der Waals surface area contributed by atoms with E-state index in [0.717, 1.165) is 35.0 Å². The highest BCUT2D eigenvalue weighted by Crippen LogP contribution is 2.43. The monoisotopic (exact) mass is 344 g/mol. The van der Waals surface area contributed by atoms with Gasteiger partial charge in [-0.15, -0.1) is 0 Å². The van der Waals surface area contributed by atoms with Crippen LogP contribution < -0.4 is 0 Å². The average molecular weight is 345 g/mol. The van der Waals surface area contributed by atoms with Gasteiger partial charge in [-0.05, 0) is 34.8 Å². The van der Waals surface area contributed by atoms with Crippen molar-refractivity contribution in [2.45, 2.75) is 31.3 Å². The van der Waals surface area contributed by atoms with Crippen LogP contribution in [0.5, 0.6) is 0 Å². The summed E-state index contributed by atoms with van der Waals surface area (Å²) in [5, 5.41) is 0. The summed E-state index contributed by atoms with van der Waals surface area (Å²) in [6.45, 7) is 0. The number of fused-ring (bicyclic) bond motifs is 4. The highest BCUT2D eigenvalue weighted by Gasteiger charge is 2.43. The zero-order chi connectivity index (χ0) is 14.4. The van der Waals surface area contributed by atoms with Crippen molar-refractivity contribution in [3.8, 4) is 0 Å². The van der Waals surface area contributed by atoms with E-state index in [1.54, 1.807) is 18.7 Å². The first-order chi connectivity index (χ1) is 10.2. The highest BCUT2D eigenvalue weighted by molar-refractivity contribution is 9.10. The Morgan fingerprint density at radius 2 is 2.14 bits per heavy atom. The molecule has 2 atom stereocenters. The Morgan fingerprint density at radius 1 is 1.24 bits per heavy atom. The van der Waals surface area contributed by atoms with E-state index in [1.165, 1.54) is 0 Å². The molecule has 2 aromatic heterocycles. The van der Waals surface area contributed by atoms with E-state index >= 15 is 0 Å². The topological polar surface area (TPSA) is 59.0 Å². The Morgan fingerprint density at radius 3 is 3.00 bits per heavy atom. The number of pyridine rings is 1. The van der Waals surface area contributed by atoms with E-state index in [-0.39, 0.29) is 18.0 Å². The first kappa shape index (κ1) is 12.9. The lowest BCUT2D eigenvalue weighted by Crippen LogP contribution is -2.42. The van der Waals surface area contributed by atoms with Gasteiger partial charge in [0, 0.05) is 41.1 Å². The van der Waals surface area contributed by atoms with Gasteiger partial charge in [0.15, 0.2) is 0 Å². The second-order valence-corrected chi connectivity index (χ2v) is 6.40. The lowest BCUT2D eigenvalue weighted by atomic mass is 9.98. The molecule has 1 fully saturated rings. The first-order valence-electron chi connectivity index (χ1n) is 6.96. The molecule has 2 aliphatic rings. The van der Waals surface area contributed by atoms with Gasteiger partial charge in [-0.2, -0.15) is 0 Å². The van der Waals surface area contributed by atoms with Gasteiger partial charge in [0.25, 0.3) is 5.91 Å². The summed E-state index contributed by atoms with van der Waals surface area (Å²) in [4.78, 5) is 27.4. The summed E-state index contributed by atoms with van der Waals surface area (Å²) in [6, 6.07) is 2.17. The van der Waals surface area contributed by atoms with Crippen molar-refractivity contribution in [3.05, 3.63) is 52.3 Å². The number of nitrogens with zero attached hydrogens (tertiary/aromatic N) is 4. The SMILES string of the molecule is O=C(c1cncc(Br)c1)N1C2CCC1c1cncnc1C2. The fraction of sp³-hybridized carbons (Fsp3) is 0.333. The number of aromatic nitrogens is 3. The van der Waals surface area contributed by atoms with E-state index < -0.39 is 0 Å². The molecule has 0 N–H and O–H groups in total. The molecule has 0 aliphatic carbocycles. The van der Waals surface area contributed by atoms with Crippen LogP contribution >= 0.6 is 15.9 Å². The zero-order valence-electron chi connectivity index (χ0n) is 11.2. The second kappa shape index (κ2) is 4.87. The number of carbonyl (C=O) groups excluding carboxylic acids is 1. The quantitative estimate of drug-likeness (QED) is 0.797. The van der Waals surface area contributed by atoms with Gasteiger partial charge in [0.05, 0.1) is 17.3 Å². The van der Waals surface area contributed by atoms with Crippen molar-refractivity contribution in [1.29, 1.82) is 0 Å². The summed E-state index contributed by atoms with van der Waals surface area (Å²) in [5.74, 6) is 0.0470. The molecule has 0 spiro atoms. The Hall–Kier alpha value is -1.82. The molecular formula is C15H13BrN4O. The van der Waals surface area contributed by atoms with Crippen LogP contribution in [0.25, 0.3) is 0 Å². The lowest BCUT2D eigenvalue weighted by Gasteiger charge is -2.35. The molecule has 106 valence electrons. The van der Waals surface area contributed by atoms with Gasteiger partial charge in [0.2, 0.25) is 0 Å². The Labute approximate surface area is 130 Å². The summed E-state index contributed by atoms with van der Waals surface area (Å²) in [7, 11) is 0. The molecule has 2 unspecified atom stereocenters. The van der Waals surface area contributed by atoms with Crippen LogP contribution in [-0.2, 0) is 6.42 Å². The van der Waals surface area contributed by atoms with Crippen molar-refractivity contribution in [3.63, 3.8) is 0 Å². The maximum absolute atomic E-state index is 12.8. The third-order valence-electron chi connectivity index (χ3n) is 4.30. The first-order valence-corrected chi connectivity index (χ1v) is 7.75. The summed E-state index contributed by atoms with van der Waals surface area (Å²) < 4.78 is 0.821. The predicted molar refractivity (Wildman–Crippen MR) is 79.6 cm³/mol. The molecule has 5 nitrogen and oxygen atoms in total. The summed E-state index contributed by atoms with van der Waals surface area (Å²) in [5.41, 5.74) is 2.82. The molecule has 1 amide bonds. The molecule has 4 rings (SSSR count). The molecule has 2 aliphatic heterocycles. The molecule has 1 saturated heterocycles. The van der Waals surface area contributed by atoms with Crippen molar-refractivity contribution in [2.75, 3.05) is 0 Å². The van der Waals surface area contributed by atoms with Gasteiger partial charge in [-0.25, -0.2) is 9.97 Å². The minimum absolute atomic E-state index is 0.0470. The number of rotatable bonds is 1. The van der Waals surface area contributed by atoms with E-state index in [1.807, 2.05) is 17.2 Å². The van der Waals surface area contributed by atoms with Gasteiger partial charge in [-0.1, -0.05) is 0 Å². The largest absolute Gasteiger partial charge is 0.328 e. The van der Waals surface area contributed by atoms with Crippen LogP contribution in [0.1, 0.15) is 40.5 Å². The summed E-state index contributed by atoms with van der Waals surface area (Å²) in [6.07, 6.45) is 9.59. The van der Waals surface area contributed by atoms with Gasteiger partial charge < -0.3 is 4.90 Å². The van der Waals surface area contributed by atoms with Crippen LogP contribution in [0, 0.1) is 0 Å². The van der Waals surface area contributed by atoms with Crippen LogP contribution in [-0.4, -0.2) is 31.8 Å². The Kier molecular flexibility index (Phi) is 2.99. The number of carbonyl (C=O) groups is 1. The fourth-order valence-electron chi connectivity index (χ4n) is 3.41. The molecule has 2 bridgehead atoms. The molecular weight excluding hydrogens is 332 g/mol. The fourth-order valence-corrected chi connectivity index (χ4v) is 3.78. The molecule has 2 aromatic rings. The molecule has 0 saturated carbocycles. The number of hydrogen-bond donors (Lipinski definition) is 0. The predicted octanol–water partition coefficient (Wildman–Crippen LogP) is 2.54. The zero-order valence-corrected chi connectivity index (χ0v) is 12.8. The maximum Gasteiger partial charge on any atom is 0.256 e. The van der Waals surface area contributed by atoms with Crippen molar-refractivity contribution >= 4 is 21.8 Å². The molecule has 6 heteroatoms. The minimum atomic E-state index is 0.0470. The van der Waals surface area contributed by atoms with Crippen LogP contribution in [0.4, 0.5) is 0 Å². The van der Waals surface area contributed by atoms with Gasteiger partial charge in [0.1, 0.15) is 6.33 Å². The Bertz CT molecular complexity index is 720. The van der Waals surface area contributed by atoms with Crippen LogP contribution in [0.15, 0.2) is 35.5 Å². The summed E-state index contributed by atoms with van der Waals surface area (Å²) >= 11 is 3.37. The van der Waals surface area contributed by atoms with Gasteiger partial charge in [-0.3, -0.25) is 9.78 Å². The smallest absolute Gasteiger partial charge is 0.256 e. The molecule has 0 aromatic carbocycles. The van der Waals surface area contributed by atoms with Gasteiger partial charge >= 0.3 is 0 Å². The minimum Gasteiger partial charge on any atom is -0.328 e. The van der Waals surface area contributed by atoms with Crippen LogP contribution in [0.2, 0.25) is 0 Å². The van der Waals surface area contributed by atoms with E-state index in [2.05, 4.69) is 30.9 Å². The Balaban J connectivity index is 1.73. The molecule has 4 heterocycles. The number of hydrogen-bond acceptors (Lipinski definition) is 4. The number of amides is 1. The maximum atomic E-state index is 12.8. The number of halogens is 1. The lowest BCUT2D eigenvalue weighted by molar-refractivity contribution is 0.0643. The molecule has 0 radical (unpaired) electrons. The van der Waals surface area contributed by atoms with E-state index in [4.69, 9.17) is 0 Å². The van der Waals surface area contributed by atoms with E-state index in [9.17, 15) is 4.79 Å². The average Bonchev–Trinajstić information content (AvgIpc) is 2.81. The van der Waals surface area contributed by atoms with E-state index in [0.29, 0.717) is 5.56 Å². The third-order valence-corrected chi connectivity index (χ3v) is 4.74. The second-order valence-electron chi connectivity index (χ2n) is 5.48.